The molecule has 0 aliphatic carbocycles. The van der Waals surface area contributed by atoms with Crippen LogP contribution in [0.5, 0.6) is 0 Å². The summed E-state index contributed by atoms with van der Waals surface area (Å²) >= 11 is 4.76. The second-order valence-corrected chi connectivity index (χ2v) is 5.11. The maximum absolute atomic E-state index is 11.9. The summed E-state index contributed by atoms with van der Waals surface area (Å²) in [7, 11) is 0. The van der Waals surface area contributed by atoms with Crippen LogP contribution >= 0.6 is 27.3 Å². The highest BCUT2D eigenvalue weighted by molar-refractivity contribution is 9.10. The van der Waals surface area contributed by atoms with Crippen molar-refractivity contribution in [1.29, 1.82) is 0 Å². The highest BCUT2D eigenvalue weighted by Gasteiger charge is 2.10. The van der Waals surface area contributed by atoms with Crippen LogP contribution in [0.3, 0.4) is 0 Å². The van der Waals surface area contributed by atoms with Gasteiger partial charge in [-0.3, -0.25) is 9.78 Å². The highest BCUT2D eigenvalue weighted by Crippen LogP contribution is 2.26. The van der Waals surface area contributed by atoms with E-state index in [1.807, 2.05) is 23.6 Å². The first-order valence-electron chi connectivity index (χ1n) is 4.84. The third-order valence-electron chi connectivity index (χ3n) is 2.31. The largest absolute Gasteiger partial charge is 0.305 e. The van der Waals surface area contributed by atoms with E-state index in [1.54, 1.807) is 6.20 Å². The summed E-state index contributed by atoms with van der Waals surface area (Å²) in [6.07, 6.45) is 1.67. The number of pyridine rings is 1. The maximum Gasteiger partial charge on any atom is 0.261 e. The molecule has 3 aromatic rings. The van der Waals surface area contributed by atoms with Gasteiger partial charge in [0.2, 0.25) is 0 Å². The summed E-state index contributed by atoms with van der Waals surface area (Å²) in [6.45, 7) is 0. The van der Waals surface area contributed by atoms with Crippen LogP contribution in [-0.4, -0.2) is 15.0 Å². The van der Waals surface area contributed by atoms with Crippen LogP contribution in [0.1, 0.15) is 0 Å². The quantitative estimate of drug-likeness (QED) is 0.752. The summed E-state index contributed by atoms with van der Waals surface area (Å²) in [4.78, 5) is 23.9. The first-order chi connectivity index (χ1) is 8.25. The molecule has 0 fully saturated rings. The molecular formula is C11H6BrN3OS. The smallest absolute Gasteiger partial charge is 0.261 e. The van der Waals surface area contributed by atoms with E-state index in [1.165, 1.54) is 11.3 Å². The minimum Gasteiger partial charge on any atom is -0.305 e. The van der Waals surface area contributed by atoms with Crippen LogP contribution in [0.25, 0.3) is 21.7 Å². The first kappa shape index (κ1) is 10.6. The molecule has 1 N–H and O–H groups in total. The molecule has 17 heavy (non-hydrogen) atoms. The van der Waals surface area contributed by atoms with Gasteiger partial charge in [0, 0.05) is 16.0 Å². The van der Waals surface area contributed by atoms with E-state index in [2.05, 4.69) is 30.9 Å². The number of halogens is 1. The Morgan fingerprint density at radius 2 is 2.24 bits per heavy atom. The Bertz CT molecular complexity index is 735. The number of aromatic amines is 1. The van der Waals surface area contributed by atoms with Crippen molar-refractivity contribution in [1.82, 2.24) is 15.0 Å². The minimum absolute atomic E-state index is 0.149. The molecule has 0 radical (unpaired) electrons. The summed E-state index contributed by atoms with van der Waals surface area (Å²) < 4.78 is 0.777. The van der Waals surface area contributed by atoms with Gasteiger partial charge in [-0.05, 0) is 28.1 Å². The van der Waals surface area contributed by atoms with E-state index in [4.69, 9.17) is 0 Å². The molecule has 0 unspecified atom stereocenters. The number of rotatable bonds is 1. The van der Waals surface area contributed by atoms with Crippen molar-refractivity contribution in [2.24, 2.45) is 0 Å². The number of fused-ring (bicyclic) bond motifs is 1. The zero-order valence-corrected chi connectivity index (χ0v) is 10.9. The average Bonchev–Trinajstić information content (AvgIpc) is 2.73. The fourth-order valence-electron chi connectivity index (χ4n) is 1.54. The lowest BCUT2D eigenvalue weighted by Gasteiger charge is -1.99. The standard InChI is InChI=1S/C11H6BrN3OS/c12-6-5-17-11-8(6)10(16)14-9(15-11)7-3-1-2-4-13-7/h1-5H,(H,14,15,16). The fourth-order valence-corrected chi connectivity index (χ4v) is 3.12. The van der Waals surface area contributed by atoms with Gasteiger partial charge >= 0.3 is 0 Å². The third kappa shape index (κ3) is 1.79. The lowest BCUT2D eigenvalue weighted by molar-refractivity contribution is 1.15. The van der Waals surface area contributed by atoms with Crippen molar-refractivity contribution in [3.05, 3.63) is 44.6 Å². The molecule has 0 spiro atoms. The number of thiophene rings is 1. The molecule has 6 heteroatoms. The second kappa shape index (κ2) is 4.05. The summed E-state index contributed by atoms with van der Waals surface area (Å²) in [6, 6.07) is 5.49. The van der Waals surface area contributed by atoms with Gasteiger partial charge in [-0.2, -0.15) is 0 Å². The number of hydrogen-bond donors (Lipinski definition) is 1. The summed E-state index contributed by atoms with van der Waals surface area (Å²) in [5.74, 6) is 0.498. The zero-order chi connectivity index (χ0) is 11.8. The van der Waals surface area contributed by atoms with Gasteiger partial charge in [-0.15, -0.1) is 11.3 Å². The van der Waals surface area contributed by atoms with Crippen molar-refractivity contribution in [3.8, 4) is 11.5 Å². The number of aromatic nitrogens is 3. The van der Waals surface area contributed by atoms with Gasteiger partial charge < -0.3 is 4.98 Å². The predicted molar refractivity (Wildman–Crippen MR) is 71.2 cm³/mol. The predicted octanol–water partition coefficient (Wildman–Crippen LogP) is 2.81. The summed E-state index contributed by atoms with van der Waals surface area (Å²) in [5.41, 5.74) is 0.514. The molecule has 0 aliphatic rings. The topological polar surface area (TPSA) is 58.6 Å². The lowest BCUT2D eigenvalue weighted by atomic mass is 10.3. The normalized spacial score (nSPS) is 10.9. The molecule has 3 heterocycles. The Morgan fingerprint density at radius 1 is 1.35 bits per heavy atom. The summed E-state index contributed by atoms with van der Waals surface area (Å²) in [5, 5.41) is 2.45. The monoisotopic (exact) mass is 307 g/mol. The molecule has 0 aromatic carbocycles. The molecule has 0 saturated heterocycles. The minimum atomic E-state index is -0.149. The van der Waals surface area contributed by atoms with Crippen molar-refractivity contribution in [3.63, 3.8) is 0 Å². The Kier molecular flexibility index (Phi) is 2.53. The number of hydrogen-bond acceptors (Lipinski definition) is 4. The molecule has 4 nitrogen and oxygen atoms in total. The van der Waals surface area contributed by atoms with Crippen LogP contribution in [0.4, 0.5) is 0 Å². The highest BCUT2D eigenvalue weighted by atomic mass is 79.9. The number of nitrogens with zero attached hydrogens (tertiary/aromatic N) is 2. The number of H-pyrrole nitrogens is 1. The van der Waals surface area contributed by atoms with E-state index in [-0.39, 0.29) is 5.56 Å². The van der Waals surface area contributed by atoms with Gasteiger partial charge in [0.05, 0.1) is 5.39 Å². The molecule has 0 atom stereocenters. The van der Waals surface area contributed by atoms with E-state index in [0.717, 1.165) is 4.47 Å². The van der Waals surface area contributed by atoms with Gasteiger partial charge in [0.25, 0.3) is 5.56 Å². The molecular weight excluding hydrogens is 302 g/mol. The average molecular weight is 308 g/mol. The second-order valence-electron chi connectivity index (χ2n) is 3.39. The SMILES string of the molecule is O=c1[nH]c(-c2ccccn2)nc2scc(Br)c12. The van der Waals surface area contributed by atoms with Gasteiger partial charge in [-0.25, -0.2) is 4.98 Å². The van der Waals surface area contributed by atoms with Crippen molar-refractivity contribution in [2.45, 2.75) is 0 Å². The Balaban J connectivity index is 2.30. The van der Waals surface area contributed by atoms with Crippen LogP contribution in [-0.2, 0) is 0 Å². The third-order valence-corrected chi connectivity index (χ3v) is 4.11. The molecule has 3 aromatic heterocycles. The fraction of sp³-hybridized carbons (Fsp3) is 0. The zero-order valence-electron chi connectivity index (χ0n) is 8.48. The Morgan fingerprint density at radius 3 is 3.00 bits per heavy atom. The van der Waals surface area contributed by atoms with Crippen LogP contribution < -0.4 is 5.56 Å². The number of nitrogens with one attached hydrogen (secondary N) is 1. The van der Waals surface area contributed by atoms with E-state index in [9.17, 15) is 4.79 Å². The molecule has 0 saturated carbocycles. The van der Waals surface area contributed by atoms with Crippen molar-refractivity contribution >= 4 is 37.5 Å². The molecule has 84 valence electrons. The van der Waals surface area contributed by atoms with Crippen LogP contribution in [0.2, 0.25) is 0 Å². The van der Waals surface area contributed by atoms with Gasteiger partial charge in [0.15, 0.2) is 5.82 Å². The van der Waals surface area contributed by atoms with E-state index in [0.29, 0.717) is 21.7 Å². The van der Waals surface area contributed by atoms with Crippen LogP contribution in [0.15, 0.2) is 39.0 Å². The van der Waals surface area contributed by atoms with Crippen molar-refractivity contribution in [2.75, 3.05) is 0 Å². The molecule has 0 bridgehead atoms. The Labute approximate surface area is 108 Å². The van der Waals surface area contributed by atoms with Gasteiger partial charge in [0.1, 0.15) is 10.5 Å². The molecule has 0 aliphatic heterocycles. The van der Waals surface area contributed by atoms with E-state index < -0.39 is 0 Å². The molecule has 3 rings (SSSR count). The van der Waals surface area contributed by atoms with Crippen molar-refractivity contribution < 1.29 is 0 Å². The lowest BCUT2D eigenvalue weighted by Crippen LogP contribution is -2.08. The molecule has 0 amide bonds. The van der Waals surface area contributed by atoms with Gasteiger partial charge in [-0.1, -0.05) is 6.07 Å². The van der Waals surface area contributed by atoms with Crippen LogP contribution in [0, 0.1) is 0 Å². The van der Waals surface area contributed by atoms with E-state index >= 15 is 0 Å². The maximum atomic E-state index is 11.9. The first-order valence-corrected chi connectivity index (χ1v) is 6.51. The Hall–Kier alpha value is -1.53.